The summed E-state index contributed by atoms with van der Waals surface area (Å²) in [5.41, 5.74) is 5.29. The second-order valence-electron chi connectivity index (χ2n) is 5.35. The van der Waals surface area contributed by atoms with Crippen LogP contribution in [0.15, 0.2) is 0 Å². The van der Waals surface area contributed by atoms with Crippen LogP contribution in [0, 0.1) is 17.8 Å². The molecular weight excluding hydrogens is 224 g/mol. The molecule has 2 aliphatic carbocycles. The van der Waals surface area contributed by atoms with Crippen LogP contribution in [0.2, 0.25) is 0 Å². The van der Waals surface area contributed by atoms with Crippen molar-refractivity contribution in [1.29, 1.82) is 0 Å². The molecule has 2 fully saturated rings. The average Bonchev–Trinajstić information content (AvgIpc) is 2.77. The normalized spacial score (nSPS) is 35.5. The Kier molecular flexibility index (Phi) is 3.56. The third-order valence-corrected chi connectivity index (χ3v) is 5.69. The van der Waals surface area contributed by atoms with E-state index in [1.54, 1.807) is 0 Å². The van der Waals surface area contributed by atoms with Crippen molar-refractivity contribution in [3.05, 3.63) is 0 Å². The molecule has 0 aromatic carbocycles. The molecule has 2 aliphatic rings. The highest BCUT2D eigenvalue weighted by atomic mass is 32.2. The van der Waals surface area contributed by atoms with Crippen molar-refractivity contribution >= 4 is 10.0 Å². The molecule has 0 heterocycles. The Morgan fingerprint density at radius 3 is 2.62 bits per heavy atom. The minimum absolute atomic E-state index is 0.0398. The van der Waals surface area contributed by atoms with Gasteiger partial charge in [0.2, 0.25) is 10.0 Å². The van der Waals surface area contributed by atoms with Gasteiger partial charge in [-0.05, 0) is 43.9 Å². The summed E-state index contributed by atoms with van der Waals surface area (Å²) in [6.45, 7) is 2.19. The number of nitrogens with one attached hydrogen (secondary N) is 1. The van der Waals surface area contributed by atoms with Gasteiger partial charge in [0.15, 0.2) is 0 Å². The van der Waals surface area contributed by atoms with Crippen molar-refractivity contribution in [1.82, 2.24) is 4.72 Å². The maximum atomic E-state index is 11.6. The Morgan fingerprint density at radius 1 is 1.38 bits per heavy atom. The van der Waals surface area contributed by atoms with Crippen LogP contribution in [0.5, 0.6) is 0 Å². The van der Waals surface area contributed by atoms with Crippen molar-refractivity contribution < 1.29 is 8.42 Å². The summed E-state index contributed by atoms with van der Waals surface area (Å²) >= 11 is 0. The van der Waals surface area contributed by atoms with E-state index in [1.807, 2.05) is 6.92 Å². The van der Waals surface area contributed by atoms with E-state index < -0.39 is 10.0 Å². The zero-order valence-electron chi connectivity index (χ0n) is 9.85. The van der Waals surface area contributed by atoms with Crippen LogP contribution in [0.3, 0.4) is 0 Å². The first kappa shape index (κ1) is 12.3. The van der Waals surface area contributed by atoms with Gasteiger partial charge in [0.25, 0.3) is 0 Å². The van der Waals surface area contributed by atoms with E-state index in [9.17, 15) is 8.42 Å². The van der Waals surface area contributed by atoms with Gasteiger partial charge in [-0.3, -0.25) is 0 Å². The van der Waals surface area contributed by atoms with Gasteiger partial charge in [-0.25, -0.2) is 13.1 Å². The summed E-state index contributed by atoms with van der Waals surface area (Å²) in [4.78, 5) is 0. The summed E-state index contributed by atoms with van der Waals surface area (Å²) in [6, 6.07) is 0.0758. The van der Waals surface area contributed by atoms with E-state index in [0.717, 1.165) is 11.8 Å². The summed E-state index contributed by atoms with van der Waals surface area (Å²) in [7, 11) is -3.16. The highest BCUT2D eigenvalue weighted by Crippen LogP contribution is 2.49. The van der Waals surface area contributed by atoms with E-state index in [1.165, 1.54) is 25.7 Å². The minimum atomic E-state index is -3.16. The predicted octanol–water partition coefficient (Wildman–Crippen LogP) is 0.689. The molecule has 2 saturated carbocycles. The average molecular weight is 246 g/mol. The molecule has 4 nitrogen and oxygen atoms in total. The largest absolute Gasteiger partial charge is 0.329 e. The Labute approximate surface area is 98.0 Å². The maximum absolute atomic E-state index is 11.6. The zero-order valence-corrected chi connectivity index (χ0v) is 10.7. The fourth-order valence-electron chi connectivity index (χ4n) is 3.49. The van der Waals surface area contributed by atoms with Crippen LogP contribution in [0.1, 0.15) is 32.6 Å². The van der Waals surface area contributed by atoms with Gasteiger partial charge in [-0.1, -0.05) is 6.42 Å². The molecule has 4 unspecified atom stereocenters. The fraction of sp³-hybridized carbons (Fsp3) is 1.00. The van der Waals surface area contributed by atoms with Gasteiger partial charge in [0.05, 0.1) is 5.75 Å². The number of hydrogen-bond donors (Lipinski definition) is 2. The first-order valence-electron chi connectivity index (χ1n) is 6.22. The topological polar surface area (TPSA) is 72.2 Å². The lowest BCUT2D eigenvalue weighted by Crippen LogP contribution is -2.42. The van der Waals surface area contributed by atoms with Crippen LogP contribution < -0.4 is 10.5 Å². The Balaban J connectivity index is 1.91. The summed E-state index contributed by atoms with van der Waals surface area (Å²) < 4.78 is 26.0. The van der Waals surface area contributed by atoms with E-state index >= 15 is 0 Å². The number of sulfonamides is 1. The molecule has 0 spiro atoms. The lowest BCUT2D eigenvalue weighted by molar-refractivity contribution is 0.280. The van der Waals surface area contributed by atoms with Crippen LogP contribution >= 0.6 is 0 Å². The Hall–Kier alpha value is -0.130. The van der Waals surface area contributed by atoms with Crippen molar-refractivity contribution in [2.24, 2.45) is 23.5 Å². The molecule has 0 aromatic rings. The maximum Gasteiger partial charge on any atom is 0.213 e. The molecule has 16 heavy (non-hydrogen) atoms. The molecule has 3 N–H and O–H groups in total. The van der Waals surface area contributed by atoms with Crippen LogP contribution in [0.4, 0.5) is 0 Å². The molecule has 0 radical (unpaired) electrons. The zero-order chi connectivity index (χ0) is 11.8. The molecule has 5 heteroatoms. The quantitative estimate of drug-likeness (QED) is 0.749. The predicted molar refractivity (Wildman–Crippen MR) is 64.4 cm³/mol. The van der Waals surface area contributed by atoms with Crippen LogP contribution in [0.25, 0.3) is 0 Å². The van der Waals surface area contributed by atoms with E-state index in [0.29, 0.717) is 5.92 Å². The molecule has 0 aliphatic heterocycles. The summed E-state index contributed by atoms with van der Waals surface area (Å²) in [5, 5.41) is 0. The van der Waals surface area contributed by atoms with Crippen LogP contribution in [-0.4, -0.2) is 26.8 Å². The Bertz CT molecular complexity index is 342. The molecule has 4 atom stereocenters. The molecular formula is C11H22N2O2S. The third-order valence-electron chi connectivity index (χ3n) is 4.19. The van der Waals surface area contributed by atoms with Crippen molar-refractivity contribution in [3.63, 3.8) is 0 Å². The molecule has 0 amide bonds. The second kappa shape index (κ2) is 4.63. The van der Waals surface area contributed by atoms with Crippen molar-refractivity contribution in [3.8, 4) is 0 Å². The number of nitrogens with two attached hydrogens (primary N) is 1. The Morgan fingerprint density at radius 2 is 2.12 bits per heavy atom. The number of hydrogen-bond acceptors (Lipinski definition) is 3. The van der Waals surface area contributed by atoms with Crippen molar-refractivity contribution in [2.45, 2.75) is 38.6 Å². The fourth-order valence-corrected chi connectivity index (χ4v) is 4.66. The molecule has 0 aromatic heterocycles. The van der Waals surface area contributed by atoms with E-state index in [2.05, 4.69) is 4.72 Å². The van der Waals surface area contributed by atoms with Gasteiger partial charge < -0.3 is 5.73 Å². The molecule has 94 valence electrons. The lowest BCUT2D eigenvalue weighted by Gasteiger charge is -2.28. The second-order valence-corrected chi connectivity index (χ2v) is 7.23. The van der Waals surface area contributed by atoms with E-state index in [4.69, 9.17) is 5.73 Å². The van der Waals surface area contributed by atoms with Gasteiger partial charge in [-0.15, -0.1) is 0 Å². The lowest BCUT2D eigenvalue weighted by atomic mass is 9.84. The number of fused-ring (bicyclic) bond motifs is 2. The first-order valence-corrected chi connectivity index (χ1v) is 7.87. The first-order chi connectivity index (χ1) is 7.52. The van der Waals surface area contributed by atoms with Gasteiger partial charge in [0, 0.05) is 12.6 Å². The van der Waals surface area contributed by atoms with Crippen LogP contribution in [-0.2, 0) is 10.0 Å². The van der Waals surface area contributed by atoms with E-state index in [-0.39, 0.29) is 18.3 Å². The van der Waals surface area contributed by atoms with Gasteiger partial charge >= 0.3 is 0 Å². The minimum Gasteiger partial charge on any atom is -0.329 e. The van der Waals surface area contributed by atoms with Gasteiger partial charge in [-0.2, -0.15) is 0 Å². The molecule has 2 rings (SSSR count). The highest BCUT2D eigenvalue weighted by Gasteiger charge is 2.42. The standard InChI is InChI=1S/C11H22N2O2S/c1-8(13-16(14,15)5-4-12)11-7-9-2-3-10(11)6-9/h8-11,13H,2-7,12H2,1H3. The van der Waals surface area contributed by atoms with Gasteiger partial charge in [0.1, 0.15) is 0 Å². The smallest absolute Gasteiger partial charge is 0.213 e. The SMILES string of the molecule is CC(NS(=O)(=O)CCN)C1CC2CCC1C2. The molecule has 0 saturated heterocycles. The summed E-state index contributed by atoms with van der Waals surface area (Å²) in [5.74, 6) is 2.20. The summed E-state index contributed by atoms with van der Waals surface area (Å²) in [6.07, 6.45) is 5.16. The number of rotatable bonds is 5. The third kappa shape index (κ3) is 2.57. The highest BCUT2D eigenvalue weighted by molar-refractivity contribution is 7.89. The molecule has 2 bridgehead atoms. The van der Waals surface area contributed by atoms with Crippen molar-refractivity contribution in [2.75, 3.05) is 12.3 Å². The monoisotopic (exact) mass is 246 g/mol.